The zero-order valence-corrected chi connectivity index (χ0v) is 14.3. The van der Waals surface area contributed by atoms with Gasteiger partial charge in [0.2, 0.25) is 5.91 Å². The second-order valence-corrected chi connectivity index (χ2v) is 4.88. The molecule has 20 heavy (non-hydrogen) atoms. The zero-order chi connectivity index (χ0) is 14.3. The van der Waals surface area contributed by atoms with Crippen molar-refractivity contribution in [1.29, 1.82) is 0 Å². The molecule has 0 saturated heterocycles. The lowest BCUT2D eigenvalue weighted by Gasteiger charge is -2.07. The number of halogens is 1. The largest absolute Gasteiger partial charge is 0.370 e. The normalized spacial score (nSPS) is 11.1. The summed E-state index contributed by atoms with van der Waals surface area (Å²) in [7, 11) is 0. The van der Waals surface area contributed by atoms with Crippen LogP contribution in [-0.4, -0.2) is 18.4 Å². The van der Waals surface area contributed by atoms with Crippen LogP contribution in [0.2, 0.25) is 0 Å². The fourth-order valence-corrected chi connectivity index (χ4v) is 1.54. The van der Waals surface area contributed by atoms with Gasteiger partial charge in [0.15, 0.2) is 5.96 Å². The number of carbonyl (C=O) groups excluding carboxylic acids is 1. The minimum Gasteiger partial charge on any atom is -0.370 e. The molecule has 0 radical (unpaired) electrons. The molecule has 112 valence electrons. The second kappa shape index (κ2) is 9.57. The van der Waals surface area contributed by atoms with E-state index < -0.39 is 5.91 Å². The van der Waals surface area contributed by atoms with Crippen molar-refractivity contribution in [3.8, 4) is 0 Å². The van der Waals surface area contributed by atoms with Crippen molar-refractivity contribution < 1.29 is 4.79 Å². The number of hydrogen-bond donors (Lipinski definition) is 3. The molecule has 0 spiro atoms. The van der Waals surface area contributed by atoms with Crippen LogP contribution in [0.1, 0.15) is 36.2 Å². The molecule has 1 aromatic rings. The maximum Gasteiger partial charge on any atom is 0.248 e. The number of hydrogen-bond acceptors (Lipinski definition) is 2. The molecule has 0 atom stereocenters. The van der Waals surface area contributed by atoms with E-state index in [1.54, 1.807) is 18.2 Å². The lowest BCUT2D eigenvalue weighted by atomic mass is 10.1. The molecule has 0 aromatic heterocycles. The van der Waals surface area contributed by atoms with E-state index in [1.807, 2.05) is 6.07 Å². The number of primary amides is 1. The number of carbonyl (C=O) groups is 1. The van der Waals surface area contributed by atoms with E-state index in [-0.39, 0.29) is 24.0 Å². The van der Waals surface area contributed by atoms with E-state index in [0.29, 0.717) is 24.0 Å². The van der Waals surface area contributed by atoms with Crippen LogP contribution in [-0.2, 0) is 6.54 Å². The van der Waals surface area contributed by atoms with Crippen molar-refractivity contribution in [3.63, 3.8) is 0 Å². The van der Waals surface area contributed by atoms with Gasteiger partial charge in [-0.15, -0.1) is 24.0 Å². The Balaban J connectivity index is 0.00000361. The maximum atomic E-state index is 11.0. The SMILES string of the molecule is CC(C)CCNC(N)=NCc1cccc(C(N)=O)c1.I. The summed E-state index contributed by atoms with van der Waals surface area (Å²) in [5, 5.41) is 3.06. The topological polar surface area (TPSA) is 93.5 Å². The third kappa shape index (κ3) is 7.32. The molecule has 1 amide bonds. The maximum absolute atomic E-state index is 11.0. The minimum absolute atomic E-state index is 0. The Bertz CT molecular complexity index is 460. The van der Waals surface area contributed by atoms with Gasteiger partial charge in [0.25, 0.3) is 0 Å². The van der Waals surface area contributed by atoms with Gasteiger partial charge >= 0.3 is 0 Å². The molecule has 5 nitrogen and oxygen atoms in total. The lowest BCUT2D eigenvalue weighted by molar-refractivity contribution is 0.1000. The Kier molecular flexibility index (Phi) is 8.94. The summed E-state index contributed by atoms with van der Waals surface area (Å²) >= 11 is 0. The van der Waals surface area contributed by atoms with Crippen LogP contribution >= 0.6 is 24.0 Å². The highest BCUT2D eigenvalue weighted by Crippen LogP contribution is 2.05. The molecule has 0 saturated carbocycles. The van der Waals surface area contributed by atoms with Gasteiger partial charge in [-0.3, -0.25) is 4.79 Å². The third-order valence-corrected chi connectivity index (χ3v) is 2.67. The third-order valence-electron chi connectivity index (χ3n) is 2.67. The molecule has 0 aliphatic rings. The lowest BCUT2D eigenvalue weighted by Crippen LogP contribution is -2.32. The molecule has 0 heterocycles. The molecule has 0 fully saturated rings. The number of benzene rings is 1. The number of nitrogens with one attached hydrogen (secondary N) is 1. The Hall–Kier alpha value is -1.31. The summed E-state index contributed by atoms with van der Waals surface area (Å²) in [6, 6.07) is 7.08. The van der Waals surface area contributed by atoms with E-state index in [4.69, 9.17) is 11.5 Å². The van der Waals surface area contributed by atoms with Gasteiger partial charge in [0.05, 0.1) is 6.54 Å². The van der Waals surface area contributed by atoms with Crippen molar-refractivity contribution in [1.82, 2.24) is 5.32 Å². The van der Waals surface area contributed by atoms with Crippen molar-refractivity contribution in [2.45, 2.75) is 26.8 Å². The zero-order valence-electron chi connectivity index (χ0n) is 11.9. The molecular weight excluding hydrogens is 367 g/mol. The highest BCUT2D eigenvalue weighted by Gasteiger charge is 2.01. The van der Waals surface area contributed by atoms with Crippen LogP contribution in [0.25, 0.3) is 0 Å². The highest BCUT2D eigenvalue weighted by molar-refractivity contribution is 14.0. The molecule has 5 N–H and O–H groups in total. The van der Waals surface area contributed by atoms with E-state index in [9.17, 15) is 4.79 Å². The summed E-state index contributed by atoms with van der Waals surface area (Å²) in [6.07, 6.45) is 1.05. The number of amides is 1. The molecule has 0 aliphatic heterocycles. The second-order valence-electron chi connectivity index (χ2n) is 4.88. The number of nitrogens with two attached hydrogens (primary N) is 2. The van der Waals surface area contributed by atoms with E-state index in [1.165, 1.54) is 0 Å². The first kappa shape index (κ1) is 18.7. The molecule has 1 rings (SSSR count). The van der Waals surface area contributed by atoms with Gasteiger partial charge in [-0.05, 0) is 30.0 Å². The highest BCUT2D eigenvalue weighted by atomic mass is 127. The minimum atomic E-state index is -0.436. The quantitative estimate of drug-likeness (QED) is 0.393. The van der Waals surface area contributed by atoms with E-state index in [2.05, 4.69) is 24.2 Å². The van der Waals surface area contributed by atoms with Gasteiger partial charge in [0.1, 0.15) is 0 Å². The number of rotatable bonds is 6. The van der Waals surface area contributed by atoms with Crippen LogP contribution < -0.4 is 16.8 Å². The average molecular weight is 390 g/mol. The first-order chi connectivity index (χ1) is 8.99. The van der Waals surface area contributed by atoms with Gasteiger partial charge in [0, 0.05) is 12.1 Å². The van der Waals surface area contributed by atoms with Crippen molar-refractivity contribution in [2.24, 2.45) is 22.4 Å². The predicted octanol–water partition coefficient (Wildman–Crippen LogP) is 1.85. The van der Waals surface area contributed by atoms with Crippen LogP contribution in [0.5, 0.6) is 0 Å². The van der Waals surface area contributed by atoms with Gasteiger partial charge < -0.3 is 16.8 Å². The fourth-order valence-electron chi connectivity index (χ4n) is 1.54. The van der Waals surface area contributed by atoms with Gasteiger partial charge in [-0.1, -0.05) is 26.0 Å². The fraction of sp³-hybridized carbons (Fsp3) is 0.429. The molecule has 1 aromatic carbocycles. The van der Waals surface area contributed by atoms with Crippen LogP contribution in [0.4, 0.5) is 0 Å². The Morgan fingerprint density at radius 3 is 2.65 bits per heavy atom. The smallest absolute Gasteiger partial charge is 0.248 e. The van der Waals surface area contributed by atoms with Crippen molar-refractivity contribution in [3.05, 3.63) is 35.4 Å². The molecule has 0 bridgehead atoms. The van der Waals surface area contributed by atoms with Gasteiger partial charge in [-0.25, -0.2) is 4.99 Å². The van der Waals surface area contributed by atoms with Crippen LogP contribution in [0.15, 0.2) is 29.3 Å². The standard InChI is InChI=1S/C14H22N4O.HI/c1-10(2)6-7-17-14(16)18-9-11-4-3-5-12(8-11)13(15)19;/h3-5,8,10H,6-7,9H2,1-2H3,(H2,15,19)(H3,16,17,18);1H. The summed E-state index contributed by atoms with van der Waals surface area (Å²) in [6.45, 7) is 5.56. The first-order valence-electron chi connectivity index (χ1n) is 6.41. The molecule has 0 aliphatic carbocycles. The molecule has 0 unspecified atom stereocenters. The Morgan fingerprint density at radius 2 is 2.05 bits per heavy atom. The van der Waals surface area contributed by atoms with Gasteiger partial charge in [-0.2, -0.15) is 0 Å². The van der Waals surface area contributed by atoms with Crippen molar-refractivity contribution in [2.75, 3.05) is 6.54 Å². The number of aliphatic imine (C=N–C) groups is 1. The summed E-state index contributed by atoms with van der Waals surface area (Å²) in [5.74, 6) is 0.617. The van der Waals surface area contributed by atoms with E-state index in [0.717, 1.165) is 18.5 Å². The first-order valence-corrected chi connectivity index (χ1v) is 6.41. The summed E-state index contributed by atoms with van der Waals surface area (Å²) in [4.78, 5) is 15.3. The Labute approximate surface area is 137 Å². The van der Waals surface area contributed by atoms with Crippen LogP contribution in [0, 0.1) is 5.92 Å². The van der Waals surface area contributed by atoms with E-state index >= 15 is 0 Å². The average Bonchev–Trinajstić information content (AvgIpc) is 2.36. The Morgan fingerprint density at radius 1 is 1.35 bits per heavy atom. The summed E-state index contributed by atoms with van der Waals surface area (Å²) in [5.41, 5.74) is 12.4. The number of guanidine groups is 1. The summed E-state index contributed by atoms with van der Waals surface area (Å²) < 4.78 is 0. The van der Waals surface area contributed by atoms with Crippen LogP contribution in [0.3, 0.4) is 0 Å². The number of nitrogens with zero attached hydrogens (tertiary/aromatic N) is 1. The molecule has 6 heteroatoms. The monoisotopic (exact) mass is 390 g/mol. The predicted molar refractivity (Wildman–Crippen MR) is 93.2 cm³/mol. The molecular formula is C14H23IN4O. The van der Waals surface area contributed by atoms with Crippen molar-refractivity contribution >= 4 is 35.8 Å².